The molecule has 2 aromatic rings. The van der Waals surface area contributed by atoms with Crippen molar-refractivity contribution in [1.29, 1.82) is 0 Å². The maximum absolute atomic E-state index is 8.99. The zero-order valence-corrected chi connectivity index (χ0v) is 11.5. The third kappa shape index (κ3) is 3.66. The van der Waals surface area contributed by atoms with E-state index in [4.69, 9.17) is 5.11 Å². The summed E-state index contributed by atoms with van der Waals surface area (Å²) in [5, 5.41) is 19.5. The maximum Gasteiger partial charge on any atom is 0.0695 e. The van der Waals surface area contributed by atoms with E-state index >= 15 is 0 Å². The first-order chi connectivity index (χ1) is 9.20. The van der Waals surface area contributed by atoms with Crippen LogP contribution in [-0.4, -0.2) is 28.5 Å². The van der Waals surface area contributed by atoms with Gasteiger partial charge in [-0.3, -0.25) is 5.10 Å². The van der Waals surface area contributed by atoms with Gasteiger partial charge >= 0.3 is 0 Å². The minimum absolute atomic E-state index is 0.212. The molecule has 2 rings (SSSR count). The largest absolute Gasteiger partial charge is 0.396 e. The Labute approximate surface area is 113 Å². The van der Waals surface area contributed by atoms with Crippen molar-refractivity contribution in [2.24, 2.45) is 5.92 Å². The lowest BCUT2D eigenvalue weighted by molar-refractivity contribution is 0.233. The standard InChI is InChI=1S/C15H21N3O/c1-11-3-5-13(6-4-11)15-14(9-17-18-15)8-16-7-12(2)10-19/h3-6,9,12,16,19H,7-8,10H2,1-2H3,(H,17,18). The van der Waals surface area contributed by atoms with Crippen molar-refractivity contribution < 1.29 is 5.11 Å². The number of hydrogen-bond acceptors (Lipinski definition) is 3. The minimum atomic E-state index is 0.212. The van der Waals surface area contributed by atoms with Crippen molar-refractivity contribution in [3.63, 3.8) is 0 Å². The van der Waals surface area contributed by atoms with Crippen LogP contribution in [0.25, 0.3) is 11.3 Å². The van der Waals surface area contributed by atoms with Crippen molar-refractivity contribution in [2.75, 3.05) is 13.2 Å². The number of nitrogens with zero attached hydrogens (tertiary/aromatic N) is 1. The fraction of sp³-hybridized carbons (Fsp3) is 0.400. The van der Waals surface area contributed by atoms with Crippen molar-refractivity contribution in [3.8, 4) is 11.3 Å². The Morgan fingerprint density at radius 2 is 2.05 bits per heavy atom. The van der Waals surface area contributed by atoms with Gasteiger partial charge in [-0.15, -0.1) is 0 Å². The van der Waals surface area contributed by atoms with Crippen LogP contribution in [0.1, 0.15) is 18.1 Å². The number of aliphatic hydroxyl groups excluding tert-OH is 1. The molecule has 1 heterocycles. The summed E-state index contributed by atoms with van der Waals surface area (Å²) in [5.74, 6) is 0.273. The highest BCUT2D eigenvalue weighted by Gasteiger charge is 2.07. The van der Waals surface area contributed by atoms with Crippen molar-refractivity contribution in [3.05, 3.63) is 41.6 Å². The molecule has 19 heavy (non-hydrogen) atoms. The average molecular weight is 259 g/mol. The molecule has 0 aliphatic rings. The van der Waals surface area contributed by atoms with Gasteiger partial charge < -0.3 is 10.4 Å². The van der Waals surface area contributed by atoms with Gasteiger partial charge in [0.15, 0.2) is 0 Å². The summed E-state index contributed by atoms with van der Waals surface area (Å²) in [6.45, 7) is 5.86. The summed E-state index contributed by atoms with van der Waals surface area (Å²) >= 11 is 0. The zero-order chi connectivity index (χ0) is 13.7. The van der Waals surface area contributed by atoms with Crippen LogP contribution in [0.2, 0.25) is 0 Å². The second kappa shape index (κ2) is 6.50. The molecule has 0 amide bonds. The quantitative estimate of drug-likeness (QED) is 0.744. The summed E-state index contributed by atoms with van der Waals surface area (Å²) < 4.78 is 0. The fourth-order valence-corrected chi connectivity index (χ4v) is 1.93. The van der Waals surface area contributed by atoms with Crippen LogP contribution in [0.4, 0.5) is 0 Å². The second-order valence-corrected chi connectivity index (χ2v) is 5.05. The first-order valence-electron chi connectivity index (χ1n) is 6.61. The number of aliphatic hydroxyl groups is 1. The van der Waals surface area contributed by atoms with E-state index in [1.165, 1.54) is 5.56 Å². The lowest BCUT2D eigenvalue weighted by atomic mass is 10.1. The first kappa shape index (κ1) is 13.8. The van der Waals surface area contributed by atoms with E-state index in [0.29, 0.717) is 0 Å². The minimum Gasteiger partial charge on any atom is -0.396 e. The molecular weight excluding hydrogens is 238 g/mol. The number of aromatic nitrogens is 2. The Balaban J connectivity index is 2.03. The number of benzene rings is 1. The second-order valence-electron chi connectivity index (χ2n) is 5.05. The van der Waals surface area contributed by atoms with Gasteiger partial charge in [-0.1, -0.05) is 36.8 Å². The van der Waals surface area contributed by atoms with Gasteiger partial charge in [-0.05, 0) is 18.4 Å². The van der Waals surface area contributed by atoms with Crippen LogP contribution < -0.4 is 5.32 Å². The third-order valence-electron chi connectivity index (χ3n) is 3.18. The lowest BCUT2D eigenvalue weighted by Gasteiger charge is -2.09. The van der Waals surface area contributed by atoms with Crippen LogP contribution in [0.5, 0.6) is 0 Å². The molecular formula is C15H21N3O. The van der Waals surface area contributed by atoms with E-state index < -0.39 is 0 Å². The number of hydrogen-bond donors (Lipinski definition) is 3. The van der Waals surface area contributed by atoms with E-state index in [2.05, 4.69) is 46.7 Å². The Kier molecular flexibility index (Phi) is 4.71. The van der Waals surface area contributed by atoms with Gasteiger partial charge in [0.2, 0.25) is 0 Å². The van der Waals surface area contributed by atoms with Gasteiger partial charge in [-0.2, -0.15) is 5.10 Å². The Hall–Kier alpha value is -1.65. The molecule has 102 valence electrons. The highest BCUT2D eigenvalue weighted by molar-refractivity contribution is 5.62. The number of aryl methyl sites for hydroxylation is 1. The number of aromatic amines is 1. The number of rotatable bonds is 6. The molecule has 0 saturated heterocycles. The van der Waals surface area contributed by atoms with E-state index in [9.17, 15) is 0 Å². The first-order valence-corrected chi connectivity index (χ1v) is 6.61. The van der Waals surface area contributed by atoms with Crippen LogP contribution in [-0.2, 0) is 6.54 Å². The van der Waals surface area contributed by atoms with Crippen molar-refractivity contribution in [1.82, 2.24) is 15.5 Å². The molecule has 0 spiro atoms. The molecule has 4 nitrogen and oxygen atoms in total. The molecule has 0 aliphatic heterocycles. The normalized spacial score (nSPS) is 12.6. The molecule has 0 aliphatic carbocycles. The van der Waals surface area contributed by atoms with Gasteiger partial charge in [0, 0.05) is 25.3 Å². The molecule has 0 fully saturated rings. The fourth-order valence-electron chi connectivity index (χ4n) is 1.93. The number of H-pyrrole nitrogens is 1. The molecule has 1 aromatic heterocycles. The molecule has 4 heteroatoms. The van der Waals surface area contributed by atoms with Crippen LogP contribution in [0.3, 0.4) is 0 Å². The van der Waals surface area contributed by atoms with Gasteiger partial charge in [0.1, 0.15) is 0 Å². The summed E-state index contributed by atoms with van der Waals surface area (Å²) in [5.41, 5.74) is 4.60. The van der Waals surface area contributed by atoms with Crippen LogP contribution in [0, 0.1) is 12.8 Å². The summed E-state index contributed by atoms with van der Waals surface area (Å²) in [6.07, 6.45) is 1.85. The molecule has 3 N–H and O–H groups in total. The maximum atomic E-state index is 8.99. The molecule has 1 atom stereocenters. The average Bonchev–Trinajstić information content (AvgIpc) is 2.88. The van der Waals surface area contributed by atoms with Gasteiger partial charge in [0.05, 0.1) is 11.9 Å². The Morgan fingerprint density at radius 1 is 1.32 bits per heavy atom. The highest BCUT2D eigenvalue weighted by Crippen LogP contribution is 2.21. The van der Waals surface area contributed by atoms with E-state index in [1.807, 2.05) is 13.1 Å². The predicted molar refractivity (Wildman–Crippen MR) is 76.7 cm³/mol. The lowest BCUT2D eigenvalue weighted by Crippen LogP contribution is -2.22. The van der Waals surface area contributed by atoms with E-state index in [1.54, 1.807) is 0 Å². The molecule has 1 unspecified atom stereocenters. The van der Waals surface area contributed by atoms with Crippen LogP contribution in [0.15, 0.2) is 30.5 Å². The smallest absolute Gasteiger partial charge is 0.0695 e. The highest BCUT2D eigenvalue weighted by atomic mass is 16.3. The summed E-state index contributed by atoms with van der Waals surface area (Å²) in [4.78, 5) is 0. The Bertz CT molecular complexity index is 504. The van der Waals surface area contributed by atoms with Crippen LogP contribution >= 0.6 is 0 Å². The topological polar surface area (TPSA) is 60.9 Å². The van der Waals surface area contributed by atoms with Crippen molar-refractivity contribution >= 4 is 0 Å². The molecule has 0 saturated carbocycles. The molecule has 0 bridgehead atoms. The third-order valence-corrected chi connectivity index (χ3v) is 3.18. The Morgan fingerprint density at radius 3 is 2.74 bits per heavy atom. The van der Waals surface area contributed by atoms with Crippen molar-refractivity contribution in [2.45, 2.75) is 20.4 Å². The van der Waals surface area contributed by atoms with Gasteiger partial charge in [-0.25, -0.2) is 0 Å². The van der Waals surface area contributed by atoms with E-state index in [0.717, 1.165) is 29.9 Å². The predicted octanol–water partition coefficient (Wildman–Crippen LogP) is 2.10. The SMILES string of the molecule is Cc1ccc(-c2[nH]ncc2CNCC(C)CO)cc1. The summed E-state index contributed by atoms with van der Waals surface area (Å²) in [6, 6.07) is 8.40. The van der Waals surface area contributed by atoms with E-state index in [-0.39, 0.29) is 12.5 Å². The zero-order valence-electron chi connectivity index (χ0n) is 11.5. The monoisotopic (exact) mass is 259 g/mol. The number of nitrogens with one attached hydrogen (secondary N) is 2. The molecule has 0 radical (unpaired) electrons. The van der Waals surface area contributed by atoms with Gasteiger partial charge in [0.25, 0.3) is 0 Å². The summed E-state index contributed by atoms with van der Waals surface area (Å²) in [7, 11) is 0. The molecule has 1 aromatic carbocycles.